The van der Waals surface area contributed by atoms with Gasteiger partial charge in [-0.1, -0.05) is 6.07 Å². The van der Waals surface area contributed by atoms with E-state index >= 15 is 0 Å². The van der Waals surface area contributed by atoms with E-state index in [-0.39, 0.29) is 5.56 Å². The molecule has 0 saturated carbocycles. The number of nitrogens with one attached hydrogen (secondary N) is 1. The second-order valence-electron chi connectivity index (χ2n) is 4.76. The lowest BCUT2D eigenvalue weighted by atomic mass is 10.2. The summed E-state index contributed by atoms with van der Waals surface area (Å²) in [5.41, 5.74) is -0.143. The Hall–Kier alpha value is -2.66. The summed E-state index contributed by atoms with van der Waals surface area (Å²) in [6.45, 7) is -0.743. The number of halogens is 2. The van der Waals surface area contributed by atoms with Crippen LogP contribution in [0.25, 0.3) is 0 Å². The van der Waals surface area contributed by atoms with Crippen LogP contribution in [0.5, 0.6) is 0 Å². The molecule has 2 rings (SSSR count). The second-order valence-corrected chi connectivity index (χ2v) is 7.63. The Morgan fingerprint density at radius 2 is 1.77 bits per heavy atom. The Morgan fingerprint density at radius 3 is 2.31 bits per heavy atom. The predicted octanol–water partition coefficient (Wildman–Crippen LogP) is 1.86. The van der Waals surface area contributed by atoms with Crippen LogP contribution < -0.4 is 5.32 Å². The van der Waals surface area contributed by atoms with Gasteiger partial charge >= 0.3 is 11.7 Å². The zero-order valence-corrected chi connectivity index (χ0v) is 14.5. The minimum absolute atomic E-state index is 0.143. The summed E-state index contributed by atoms with van der Waals surface area (Å²) in [6, 6.07) is 6.76. The van der Waals surface area contributed by atoms with Crippen molar-refractivity contribution < 1.29 is 36.3 Å². The van der Waals surface area contributed by atoms with Crippen LogP contribution in [0.2, 0.25) is 0 Å². The number of carbonyl (C=O) groups excluding carboxylic acids is 3. The molecule has 0 spiro atoms. The fraction of sp³-hybridized carbons (Fsp3) is 0.133. The standard InChI is InChI=1S/C15H11F2NO6S2/c16-15(17)26(22,23)10-5-3-9(4-6-10)14(21)24-8-12(19)18-13(20)11-2-1-7-25-11/h1-7,15H,8H2,(H,18,19,20). The minimum Gasteiger partial charge on any atom is -0.452 e. The highest BCUT2D eigenvalue weighted by atomic mass is 32.2. The molecule has 0 aliphatic carbocycles. The minimum atomic E-state index is -4.77. The topological polar surface area (TPSA) is 107 Å². The smallest absolute Gasteiger partial charge is 0.341 e. The van der Waals surface area contributed by atoms with Crippen molar-refractivity contribution in [3.63, 3.8) is 0 Å². The first kappa shape index (κ1) is 19.7. The average Bonchev–Trinajstić information content (AvgIpc) is 3.14. The van der Waals surface area contributed by atoms with Crippen LogP contribution in [0, 0.1) is 0 Å². The maximum Gasteiger partial charge on any atom is 0.341 e. The molecule has 7 nitrogen and oxygen atoms in total. The molecule has 0 unspecified atom stereocenters. The van der Waals surface area contributed by atoms with Crippen molar-refractivity contribution in [1.82, 2.24) is 5.32 Å². The molecule has 11 heteroatoms. The molecule has 1 N–H and O–H groups in total. The summed E-state index contributed by atoms with van der Waals surface area (Å²) in [6.07, 6.45) is 0. The summed E-state index contributed by atoms with van der Waals surface area (Å²) in [5.74, 6) is -6.05. The van der Waals surface area contributed by atoms with E-state index in [0.29, 0.717) is 4.88 Å². The Morgan fingerprint density at radius 1 is 1.12 bits per heavy atom. The molecule has 26 heavy (non-hydrogen) atoms. The largest absolute Gasteiger partial charge is 0.452 e. The predicted molar refractivity (Wildman–Crippen MR) is 86.7 cm³/mol. The van der Waals surface area contributed by atoms with Crippen LogP contribution >= 0.6 is 11.3 Å². The molecule has 0 aliphatic heterocycles. The monoisotopic (exact) mass is 403 g/mol. The van der Waals surface area contributed by atoms with Gasteiger partial charge in [0.2, 0.25) is 9.84 Å². The van der Waals surface area contributed by atoms with Crippen molar-refractivity contribution in [3.8, 4) is 0 Å². The van der Waals surface area contributed by atoms with Crippen molar-refractivity contribution in [3.05, 3.63) is 52.2 Å². The van der Waals surface area contributed by atoms with Gasteiger partial charge in [-0.05, 0) is 35.7 Å². The summed E-state index contributed by atoms with van der Waals surface area (Å²) in [5, 5.41) is 3.67. The van der Waals surface area contributed by atoms with Gasteiger partial charge in [0.25, 0.3) is 11.8 Å². The lowest BCUT2D eigenvalue weighted by Crippen LogP contribution is -2.33. The number of thiophene rings is 1. The van der Waals surface area contributed by atoms with Crippen LogP contribution in [-0.4, -0.2) is 38.6 Å². The van der Waals surface area contributed by atoms with E-state index in [0.717, 1.165) is 35.6 Å². The van der Waals surface area contributed by atoms with E-state index in [1.807, 2.05) is 5.32 Å². The molecular formula is C15H11F2NO6S2. The third kappa shape index (κ3) is 4.70. The highest BCUT2D eigenvalue weighted by molar-refractivity contribution is 7.91. The van der Waals surface area contributed by atoms with Gasteiger partial charge in [-0.15, -0.1) is 11.3 Å². The lowest BCUT2D eigenvalue weighted by molar-refractivity contribution is -0.123. The van der Waals surface area contributed by atoms with E-state index < -0.39 is 44.9 Å². The van der Waals surface area contributed by atoms with E-state index in [1.165, 1.54) is 6.07 Å². The molecule has 1 heterocycles. The maximum absolute atomic E-state index is 12.4. The van der Waals surface area contributed by atoms with E-state index in [1.54, 1.807) is 11.4 Å². The second kappa shape index (κ2) is 8.15. The third-order valence-corrected chi connectivity index (χ3v) is 5.25. The molecule has 2 aromatic rings. The molecule has 0 radical (unpaired) electrons. The molecular weight excluding hydrogens is 392 g/mol. The summed E-state index contributed by atoms with van der Waals surface area (Å²) < 4.78 is 52.1. The number of sulfone groups is 1. The molecule has 0 atom stereocenters. The van der Waals surface area contributed by atoms with E-state index in [4.69, 9.17) is 0 Å². The molecule has 1 aromatic heterocycles. The van der Waals surface area contributed by atoms with E-state index in [2.05, 4.69) is 4.74 Å². The number of ether oxygens (including phenoxy) is 1. The maximum atomic E-state index is 12.4. The SMILES string of the molecule is O=C(COC(=O)c1ccc(S(=O)(=O)C(F)F)cc1)NC(=O)c1cccs1. The fourth-order valence-electron chi connectivity index (χ4n) is 1.73. The van der Waals surface area contributed by atoms with Gasteiger partial charge < -0.3 is 4.74 Å². The van der Waals surface area contributed by atoms with Crippen LogP contribution in [0.3, 0.4) is 0 Å². The van der Waals surface area contributed by atoms with Crippen molar-refractivity contribution in [2.45, 2.75) is 10.7 Å². The lowest BCUT2D eigenvalue weighted by Gasteiger charge is -2.06. The average molecular weight is 403 g/mol. The zero-order valence-electron chi connectivity index (χ0n) is 12.8. The quantitative estimate of drug-likeness (QED) is 0.738. The van der Waals surface area contributed by atoms with Crippen molar-refractivity contribution in [1.29, 1.82) is 0 Å². The zero-order chi connectivity index (χ0) is 19.3. The molecule has 138 valence electrons. The number of alkyl halides is 2. The summed E-state index contributed by atoms with van der Waals surface area (Å²) >= 11 is 1.13. The van der Waals surface area contributed by atoms with Gasteiger partial charge in [-0.25, -0.2) is 13.2 Å². The van der Waals surface area contributed by atoms with Crippen LogP contribution in [0.1, 0.15) is 20.0 Å². The number of rotatable bonds is 6. The van der Waals surface area contributed by atoms with Crippen LogP contribution in [-0.2, 0) is 19.4 Å². The Bertz CT molecular complexity index is 908. The summed E-state index contributed by atoms with van der Waals surface area (Å²) in [7, 11) is -4.77. The number of amides is 2. The van der Waals surface area contributed by atoms with Gasteiger partial charge in [-0.2, -0.15) is 8.78 Å². The van der Waals surface area contributed by atoms with Gasteiger partial charge in [0.1, 0.15) is 0 Å². The number of carbonyl (C=O) groups is 3. The van der Waals surface area contributed by atoms with E-state index in [9.17, 15) is 31.6 Å². The molecule has 2 amide bonds. The first-order valence-electron chi connectivity index (χ1n) is 6.88. The Labute approximate surface area is 150 Å². The molecule has 0 aliphatic rings. The molecule has 0 bridgehead atoms. The van der Waals surface area contributed by atoms with Gasteiger partial charge in [0.05, 0.1) is 15.3 Å². The van der Waals surface area contributed by atoms with Crippen LogP contribution in [0.4, 0.5) is 8.78 Å². The normalized spacial score (nSPS) is 11.2. The van der Waals surface area contributed by atoms with Crippen molar-refractivity contribution in [2.24, 2.45) is 0 Å². The van der Waals surface area contributed by atoms with Crippen molar-refractivity contribution in [2.75, 3.05) is 6.61 Å². The number of hydrogen-bond donors (Lipinski definition) is 1. The van der Waals surface area contributed by atoms with Crippen LogP contribution in [0.15, 0.2) is 46.7 Å². The fourth-order valence-corrected chi connectivity index (χ4v) is 3.07. The number of esters is 1. The van der Waals surface area contributed by atoms with Gasteiger partial charge in [0, 0.05) is 0 Å². The number of imide groups is 1. The first-order valence-corrected chi connectivity index (χ1v) is 9.31. The Kier molecular flexibility index (Phi) is 6.16. The Balaban J connectivity index is 1.91. The van der Waals surface area contributed by atoms with Crippen molar-refractivity contribution >= 4 is 39.0 Å². The highest BCUT2D eigenvalue weighted by Crippen LogP contribution is 2.18. The molecule has 1 aromatic carbocycles. The summed E-state index contributed by atoms with van der Waals surface area (Å²) in [4.78, 5) is 34.6. The van der Waals surface area contributed by atoms with Gasteiger partial charge in [0.15, 0.2) is 6.61 Å². The third-order valence-electron chi connectivity index (χ3n) is 2.99. The first-order chi connectivity index (χ1) is 12.2. The highest BCUT2D eigenvalue weighted by Gasteiger charge is 2.26. The molecule has 0 saturated heterocycles. The number of hydrogen-bond acceptors (Lipinski definition) is 7. The van der Waals surface area contributed by atoms with Gasteiger partial charge in [-0.3, -0.25) is 14.9 Å². The molecule has 0 fully saturated rings. The number of benzene rings is 1.